The molecule has 0 aromatic heterocycles. The van der Waals surface area contributed by atoms with Crippen molar-refractivity contribution in [1.29, 1.82) is 0 Å². The van der Waals surface area contributed by atoms with E-state index in [0.29, 0.717) is 0 Å². The third kappa shape index (κ3) is 4.88. The van der Waals surface area contributed by atoms with E-state index in [9.17, 15) is 30.0 Å². The molecule has 0 aromatic rings. The number of aliphatic hydroxyl groups excluding tert-OH is 4. The highest BCUT2D eigenvalue weighted by atomic mass is 31.1. The van der Waals surface area contributed by atoms with Crippen molar-refractivity contribution in [1.82, 2.24) is 5.32 Å². The summed E-state index contributed by atoms with van der Waals surface area (Å²) >= 11 is 0. The van der Waals surface area contributed by atoms with Crippen LogP contribution in [-0.4, -0.2) is 106 Å². The molecule has 0 bridgehead atoms. The zero-order chi connectivity index (χ0) is 21.2. The Bertz CT molecular complexity index is 565. The van der Waals surface area contributed by atoms with Gasteiger partial charge in [-0.2, -0.15) is 0 Å². The molecule has 28 heavy (non-hydrogen) atoms. The van der Waals surface area contributed by atoms with Crippen molar-refractivity contribution >= 4 is 20.3 Å². The van der Waals surface area contributed by atoms with Gasteiger partial charge < -0.3 is 40.0 Å². The summed E-state index contributed by atoms with van der Waals surface area (Å²) in [4.78, 5) is 23.5. The summed E-state index contributed by atoms with van der Waals surface area (Å²) < 4.78 is 16.9. The molecule has 2 aliphatic rings. The molecule has 0 saturated carbocycles. The first kappa shape index (κ1) is 23.6. The number of Topliss-reactive ketones (excluding diaryl/α,β-unsaturated/α-hetero) is 1. The van der Waals surface area contributed by atoms with Crippen LogP contribution in [0.5, 0.6) is 0 Å². The molecular formula is C17H30NO9P. The molecule has 162 valence electrons. The number of ketones is 1. The molecule has 2 aliphatic heterocycles. The van der Waals surface area contributed by atoms with Crippen LogP contribution in [0.2, 0.25) is 0 Å². The summed E-state index contributed by atoms with van der Waals surface area (Å²) in [7, 11) is 0.152. The van der Waals surface area contributed by atoms with Gasteiger partial charge in [-0.25, -0.2) is 0 Å². The second-order valence-corrected chi connectivity index (χ2v) is 8.46. The highest BCUT2D eigenvalue weighted by Crippen LogP contribution is 2.35. The second kappa shape index (κ2) is 9.86. The zero-order valence-electron chi connectivity index (χ0n) is 16.3. The quantitative estimate of drug-likeness (QED) is 0.297. The van der Waals surface area contributed by atoms with Crippen molar-refractivity contribution in [2.75, 3.05) is 13.3 Å². The van der Waals surface area contributed by atoms with Crippen LogP contribution in [0.25, 0.3) is 0 Å². The molecule has 0 spiro atoms. The third-order valence-corrected chi connectivity index (χ3v) is 6.46. The Morgan fingerprint density at radius 3 is 2.25 bits per heavy atom. The van der Waals surface area contributed by atoms with Gasteiger partial charge in [0.05, 0.1) is 24.9 Å². The number of amides is 1. The molecule has 0 radical (unpaired) electrons. The van der Waals surface area contributed by atoms with Gasteiger partial charge in [0.25, 0.3) is 0 Å². The standard InChI is InChI=1S/C17H30NO9P/c1-6(20)14-16(28-4)12(23)13(24)17(26-14)27-15-10(18-8(3)21)7(2)25-9(5-19)11(15)22/h7,9-17,19,22-24,28H,5H2,1-4H3,(H,18,21)/t7-,9?,10?,11+,12?,13?,14-,15+,16-,17-/m0/s1. The van der Waals surface area contributed by atoms with E-state index in [-0.39, 0.29) is 20.3 Å². The minimum atomic E-state index is -1.45. The maximum Gasteiger partial charge on any atom is 0.217 e. The lowest BCUT2D eigenvalue weighted by Crippen LogP contribution is -2.67. The van der Waals surface area contributed by atoms with Crippen LogP contribution in [0.4, 0.5) is 0 Å². The van der Waals surface area contributed by atoms with Crippen molar-refractivity contribution in [2.24, 2.45) is 0 Å². The van der Waals surface area contributed by atoms with E-state index in [2.05, 4.69) is 5.32 Å². The minimum absolute atomic E-state index is 0.152. The summed E-state index contributed by atoms with van der Waals surface area (Å²) in [5.41, 5.74) is -0.567. The van der Waals surface area contributed by atoms with Crippen LogP contribution >= 0.6 is 8.58 Å². The number of nitrogens with one attached hydrogen (secondary N) is 1. The van der Waals surface area contributed by atoms with E-state index in [4.69, 9.17) is 14.2 Å². The molecule has 2 rings (SSSR count). The van der Waals surface area contributed by atoms with Crippen LogP contribution in [0, 0.1) is 0 Å². The topological polar surface area (TPSA) is 155 Å². The van der Waals surface area contributed by atoms with Crippen molar-refractivity contribution in [3.05, 3.63) is 0 Å². The number of carbonyl (C=O) groups excluding carboxylic acids is 2. The van der Waals surface area contributed by atoms with Crippen LogP contribution < -0.4 is 5.32 Å². The highest BCUT2D eigenvalue weighted by Gasteiger charge is 2.51. The van der Waals surface area contributed by atoms with Crippen LogP contribution in [0.1, 0.15) is 20.8 Å². The zero-order valence-corrected chi connectivity index (χ0v) is 17.3. The molecule has 0 aromatic carbocycles. The Morgan fingerprint density at radius 1 is 1.11 bits per heavy atom. The predicted molar refractivity (Wildman–Crippen MR) is 99.3 cm³/mol. The number of ether oxygens (including phenoxy) is 3. The fourth-order valence-electron chi connectivity index (χ4n) is 3.68. The average Bonchev–Trinajstić information content (AvgIpc) is 2.63. The van der Waals surface area contributed by atoms with Crippen LogP contribution in [0.15, 0.2) is 0 Å². The van der Waals surface area contributed by atoms with Gasteiger partial charge in [-0.3, -0.25) is 9.59 Å². The van der Waals surface area contributed by atoms with Crippen LogP contribution in [0.3, 0.4) is 0 Å². The molecule has 2 fully saturated rings. The van der Waals surface area contributed by atoms with E-state index in [1.54, 1.807) is 13.6 Å². The summed E-state index contributed by atoms with van der Waals surface area (Å²) in [6.07, 6.45) is -9.11. The number of hydrogen-bond acceptors (Lipinski definition) is 9. The van der Waals surface area contributed by atoms with Gasteiger partial charge in [-0.05, 0) is 20.5 Å². The smallest absolute Gasteiger partial charge is 0.217 e. The van der Waals surface area contributed by atoms with Gasteiger partial charge in [0.1, 0.15) is 30.5 Å². The third-order valence-electron chi connectivity index (χ3n) is 5.15. The molecule has 2 heterocycles. The van der Waals surface area contributed by atoms with Gasteiger partial charge in [0.15, 0.2) is 12.1 Å². The molecule has 10 nitrogen and oxygen atoms in total. The van der Waals surface area contributed by atoms with Crippen molar-refractivity contribution < 1.29 is 44.2 Å². The Kier molecular flexibility index (Phi) is 8.30. The van der Waals surface area contributed by atoms with E-state index in [0.717, 1.165) is 0 Å². The summed E-state index contributed by atoms with van der Waals surface area (Å²) in [5, 5.41) is 43.5. The average molecular weight is 423 g/mol. The molecule has 11 atom stereocenters. The van der Waals surface area contributed by atoms with E-state index >= 15 is 0 Å². The van der Waals surface area contributed by atoms with Gasteiger partial charge >= 0.3 is 0 Å². The number of aliphatic hydroxyl groups is 4. The molecule has 11 heteroatoms. The molecule has 1 amide bonds. The molecular weight excluding hydrogens is 393 g/mol. The van der Waals surface area contributed by atoms with Crippen molar-refractivity contribution in [3.8, 4) is 0 Å². The van der Waals surface area contributed by atoms with E-state index in [1.165, 1.54) is 13.8 Å². The van der Waals surface area contributed by atoms with Crippen molar-refractivity contribution in [3.63, 3.8) is 0 Å². The molecule has 2 saturated heterocycles. The minimum Gasteiger partial charge on any atom is -0.394 e. The first-order valence-electron chi connectivity index (χ1n) is 9.18. The van der Waals surface area contributed by atoms with Crippen LogP contribution in [-0.2, 0) is 23.8 Å². The number of carbonyl (C=O) groups is 2. The Hall–Kier alpha value is -0.710. The number of hydrogen-bond donors (Lipinski definition) is 5. The Labute approximate surface area is 165 Å². The summed E-state index contributed by atoms with van der Waals surface area (Å²) in [5.74, 6) is -0.700. The Balaban J connectivity index is 2.26. The fourth-order valence-corrected chi connectivity index (χ4v) is 4.84. The normalized spacial score (nSPS) is 44.6. The van der Waals surface area contributed by atoms with Gasteiger partial charge in [-0.1, -0.05) is 0 Å². The lowest BCUT2D eigenvalue weighted by molar-refractivity contribution is -0.304. The van der Waals surface area contributed by atoms with Gasteiger partial charge in [0, 0.05) is 12.6 Å². The lowest BCUT2D eigenvalue weighted by Gasteiger charge is -2.47. The van der Waals surface area contributed by atoms with Crippen molar-refractivity contribution in [2.45, 2.75) is 81.5 Å². The molecule has 0 aliphatic carbocycles. The molecule has 5 unspecified atom stereocenters. The predicted octanol–water partition coefficient (Wildman–Crippen LogP) is -2.27. The second-order valence-electron chi connectivity index (χ2n) is 7.21. The maximum atomic E-state index is 12.0. The van der Waals surface area contributed by atoms with Gasteiger partial charge in [0.2, 0.25) is 5.91 Å². The van der Waals surface area contributed by atoms with E-state index in [1.807, 2.05) is 0 Å². The largest absolute Gasteiger partial charge is 0.394 e. The first-order valence-corrected chi connectivity index (χ1v) is 10.8. The lowest BCUT2D eigenvalue weighted by atomic mass is 9.92. The first-order chi connectivity index (χ1) is 13.1. The SMILES string of the molecule is CP[C@H]1C(O)C(O)[C@H](O[C@@H]2C(NC(C)=O)[C@H](C)OC(CO)[C@H]2O)O[C@H]1C(C)=O. The highest BCUT2D eigenvalue weighted by molar-refractivity contribution is 7.38. The summed E-state index contributed by atoms with van der Waals surface area (Å²) in [6, 6.07) is -0.801. The number of rotatable bonds is 6. The van der Waals surface area contributed by atoms with E-state index < -0.39 is 67.3 Å². The Morgan fingerprint density at radius 2 is 1.75 bits per heavy atom. The molecule has 5 N–H and O–H groups in total. The summed E-state index contributed by atoms with van der Waals surface area (Å²) in [6.45, 7) is 5.58. The maximum absolute atomic E-state index is 12.0. The van der Waals surface area contributed by atoms with Gasteiger partial charge in [-0.15, -0.1) is 8.58 Å². The fraction of sp³-hybridized carbons (Fsp3) is 0.882. The monoisotopic (exact) mass is 423 g/mol.